The molecule has 6 nitrogen and oxygen atoms in total. The molecule has 0 radical (unpaired) electrons. The van der Waals surface area contributed by atoms with Gasteiger partial charge in [-0.15, -0.1) is 0 Å². The van der Waals surface area contributed by atoms with Crippen LogP contribution in [0.5, 0.6) is 0 Å². The first-order valence-electron chi connectivity index (χ1n) is 8.34. The summed E-state index contributed by atoms with van der Waals surface area (Å²) in [5.74, 6) is -1.63. The van der Waals surface area contributed by atoms with Gasteiger partial charge in [-0.25, -0.2) is 4.79 Å². The zero-order chi connectivity index (χ0) is 19.2. The number of hydrogen-bond donors (Lipinski definition) is 3. The van der Waals surface area contributed by atoms with Crippen molar-refractivity contribution in [3.8, 4) is 0 Å². The van der Waals surface area contributed by atoms with Gasteiger partial charge in [0.25, 0.3) is 0 Å². The van der Waals surface area contributed by atoms with Crippen LogP contribution in [0.3, 0.4) is 0 Å². The Morgan fingerprint density at radius 1 is 0.963 bits per heavy atom. The monoisotopic (exact) mass is 361 g/mol. The molecule has 2 aliphatic rings. The fourth-order valence-corrected chi connectivity index (χ4v) is 3.36. The third-order valence-electron chi connectivity index (χ3n) is 4.72. The molecule has 0 aromatic heterocycles. The predicted molar refractivity (Wildman–Crippen MR) is 97.8 cm³/mol. The summed E-state index contributed by atoms with van der Waals surface area (Å²) in [6.45, 7) is 0. The molecular formula is C21H15NO5. The fourth-order valence-electron chi connectivity index (χ4n) is 3.36. The van der Waals surface area contributed by atoms with E-state index in [1.807, 2.05) is 0 Å². The van der Waals surface area contributed by atoms with Crippen LogP contribution in [-0.2, 0) is 4.79 Å². The summed E-state index contributed by atoms with van der Waals surface area (Å²) in [6, 6.07) is 11.5. The molecule has 1 unspecified atom stereocenters. The van der Waals surface area contributed by atoms with Gasteiger partial charge in [0.05, 0.1) is 11.1 Å². The lowest BCUT2D eigenvalue weighted by Crippen LogP contribution is -2.38. The van der Waals surface area contributed by atoms with E-state index >= 15 is 0 Å². The summed E-state index contributed by atoms with van der Waals surface area (Å²) < 4.78 is 0. The highest BCUT2D eigenvalue weighted by atomic mass is 16.4. The first kappa shape index (κ1) is 16.9. The molecule has 0 aliphatic heterocycles. The molecule has 2 aromatic rings. The molecule has 0 amide bonds. The van der Waals surface area contributed by atoms with Gasteiger partial charge >= 0.3 is 5.97 Å². The van der Waals surface area contributed by atoms with Crippen molar-refractivity contribution >= 4 is 23.2 Å². The van der Waals surface area contributed by atoms with Crippen LogP contribution in [0.1, 0.15) is 38.3 Å². The molecule has 0 fully saturated rings. The number of rotatable bonds is 3. The number of nitrogens with one attached hydrogen (secondary N) is 1. The highest BCUT2D eigenvalue weighted by Crippen LogP contribution is 2.34. The van der Waals surface area contributed by atoms with Crippen molar-refractivity contribution in [1.82, 2.24) is 0 Å². The van der Waals surface area contributed by atoms with Crippen LogP contribution in [0, 0.1) is 0 Å². The van der Waals surface area contributed by atoms with Crippen molar-refractivity contribution in [3.63, 3.8) is 0 Å². The summed E-state index contributed by atoms with van der Waals surface area (Å²) >= 11 is 0. The Morgan fingerprint density at radius 3 is 2.26 bits per heavy atom. The minimum absolute atomic E-state index is 0.00747. The van der Waals surface area contributed by atoms with Gasteiger partial charge in [0, 0.05) is 28.8 Å². The van der Waals surface area contributed by atoms with E-state index in [-0.39, 0.29) is 34.7 Å². The molecule has 2 aliphatic carbocycles. The smallest absolute Gasteiger partial charge is 0.335 e. The number of fused-ring (bicyclic) bond motifs is 2. The van der Waals surface area contributed by atoms with Gasteiger partial charge in [0.2, 0.25) is 0 Å². The quantitative estimate of drug-likeness (QED) is 0.620. The predicted octanol–water partition coefficient (Wildman–Crippen LogP) is 2.53. The maximum Gasteiger partial charge on any atom is 0.335 e. The van der Waals surface area contributed by atoms with Crippen LogP contribution >= 0.6 is 0 Å². The van der Waals surface area contributed by atoms with Gasteiger partial charge in [-0.2, -0.15) is 0 Å². The SMILES string of the molecule is O=C(O)C1=CCC(O)(Nc2cccc3c2C(=O)c2ccccc2C3=O)C=C1. The topological polar surface area (TPSA) is 104 Å². The summed E-state index contributed by atoms with van der Waals surface area (Å²) in [4.78, 5) is 36.8. The van der Waals surface area contributed by atoms with E-state index < -0.39 is 11.7 Å². The summed E-state index contributed by atoms with van der Waals surface area (Å²) in [6.07, 6.45) is 4.04. The van der Waals surface area contributed by atoms with Crippen LogP contribution in [0.15, 0.2) is 66.3 Å². The molecule has 3 N–H and O–H groups in total. The van der Waals surface area contributed by atoms with Crippen molar-refractivity contribution in [2.24, 2.45) is 0 Å². The first-order chi connectivity index (χ1) is 12.9. The zero-order valence-corrected chi connectivity index (χ0v) is 14.1. The van der Waals surface area contributed by atoms with Gasteiger partial charge in [-0.3, -0.25) is 9.59 Å². The molecule has 27 heavy (non-hydrogen) atoms. The number of hydrogen-bond acceptors (Lipinski definition) is 5. The maximum atomic E-state index is 13.0. The van der Waals surface area contributed by atoms with Crippen molar-refractivity contribution in [2.45, 2.75) is 12.1 Å². The Bertz CT molecular complexity index is 1070. The van der Waals surface area contributed by atoms with Gasteiger partial charge in [-0.05, 0) is 18.2 Å². The van der Waals surface area contributed by atoms with Crippen molar-refractivity contribution in [2.75, 3.05) is 5.32 Å². The zero-order valence-electron chi connectivity index (χ0n) is 14.1. The van der Waals surface area contributed by atoms with Crippen molar-refractivity contribution in [1.29, 1.82) is 0 Å². The number of carboxylic acids is 1. The number of carbonyl (C=O) groups is 3. The van der Waals surface area contributed by atoms with E-state index in [2.05, 4.69) is 5.32 Å². The normalized spacial score (nSPS) is 20.6. The molecule has 1 atom stereocenters. The van der Waals surface area contributed by atoms with Crippen LogP contribution in [0.25, 0.3) is 0 Å². The number of aliphatic hydroxyl groups is 1. The average Bonchev–Trinajstić information content (AvgIpc) is 2.66. The maximum absolute atomic E-state index is 13.0. The lowest BCUT2D eigenvalue weighted by atomic mass is 9.83. The van der Waals surface area contributed by atoms with Gasteiger partial charge in [0.15, 0.2) is 17.3 Å². The number of anilines is 1. The van der Waals surface area contributed by atoms with E-state index in [9.17, 15) is 19.5 Å². The van der Waals surface area contributed by atoms with E-state index in [1.165, 1.54) is 18.2 Å². The Balaban J connectivity index is 1.73. The van der Waals surface area contributed by atoms with E-state index in [4.69, 9.17) is 5.11 Å². The summed E-state index contributed by atoms with van der Waals surface area (Å²) in [5.41, 5.74) is -0.00350. The highest BCUT2D eigenvalue weighted by molar-refractivity contribution is 6.30. The molecule has 4 rings (SSSR count). The van der Waals surface area contributed by atoms with Crippen LogP contribution < -0.4 is 5.32 Å². The Morgan fingerprint density at radius 2 is 1.63 bits per heavy atom. The number of aliphatic carboxylic acids is 1. The lowest BCUT2D eigenvalue weighted by Gasteiger charge is -2.30. The number of benzene rings is 2. The Labute approximate surface area is 154 Å². The number of ketones is 2. The van der Waals surface area contributed by atoms with E-state index in [0.717, 1.165) is 0 Å². The van der Waals surface area contributed by atoms with Gasteiger partial charge < -0.3 is 15.5 Å². The highest BCUT2D eigenvalue weighted by Gasteiger charge is 2.34. The lowest BCUT2D eigenvalue weighted by molar-refractivity contribution is -0.132. The molecule has 2 aromatic carbocycles. The summed E-state index contributed by atoms with van der Waals surface area (Å²) in [5, 5.41) is 22.6. The molecule has 134 valence electrons. The van der Waals surface area contributed by atoms with E-state index in [0.29, 0.717) is 16.8 Å². The Kier molecular flexibility index (Phi) is 3.78. The third-order valence-corrected chi connectivity index (χ3v) is 4.72. The second kappa shape index (κ2) is 6.03. The van der Waals surface area contributed by atoms with Crippen LogP contribution in [0.2, 0.25) is 0 Å². The average molecular weight is 361 g/mol. The molecule has 0 saturated heterocycles. The molecular weight excluding hydrogens is 346 g/mol. The number of carboxylic acid groups (broad SMARTS) is 1. The first-order valence-corrected chi connectivity index (χ1v) is 8.34. The standard InChI is InChI=1S/C21H15NO5/c23-18-13-4-1-2-5-14(13)19(24)17-15(18)6-3-7-16(17)22-21(27)10-8-12(9-11-21)20(25)26/h1-10,22,27H,11H2,(H,25,26). The van der Waals surface area contributed by atoms with Crippen LogP contribution in [0.4, 0.5) is 5.69 Å². The van der Waals surface area contributed by atoms with E-state index in [1.54, 1.807) is 42.5 Å². The molecule has 6 heteroatoms. The molecule has 0 spiro atoms. The molecule has 0 bridgehead atoms. The van der Waals surface area contributed by atoms with Gasteiger partial charge in [0.1, 0.15) is 0 Å². The Hall–Kier alpha value is -3.51. The minimum Gasteiger partial charge on any atom is -0.478 e. The third kappa shape index (κ3) is 2.76. The van der Waals surface area contributed by atoms with Gasteiger partial charge in [-0.1, -0.05) is 42.5 Å². The largest absolute Gasteiger partial charge is 0.478 e. The van der Waals surface area contributed by atoms with Crippen LogP contribution in [-0.4, -0.2) is 33.5 Å². The fraction of sp³-hybridized carbons (Fsp3) is 0.0952. The number of carbonyl (C=O) groups excluding carboxylic acids is 2. The summed E-state index contributed by atoms with van der Waals surface area (Å²) in [7, 11) is 0. The molecule has 0 saturated carbocycles. The van der Waals surface area contributed by atoms with Crippen molar-refractivity contribution < 1.29 is 24.6 Å². The van der Waals surface area contributed by atoms with Crippen molar-refractivity contribution in [3.05, 3.63) is 88.5 Å². The second-order valence-corrected chi connectivity index (χ2v) is 6.48. The molecule has 0 heterocycles. The minimum atomic E-state index is -1.56. The second-order valence-electron chi connectivity index (χ2n) is 6.48.